The highest BCUT2D eigenvalue weighted by Gasteiger charge is 2.19. The van der Waals surface area contributed by atoms with E-state index in [-0.39, 0.29) is 22.9 Å². The highest BCUT2D eigenvalue weighted by Crippen LogP contribution is 2.21. The second kappa shape index (κ2) is 9.04. The third-order valence-corrected chi connectivity index (χ3v) is 5.72. The Morgan fingerprint density at radius 1 is 1.10 bits per heavy atom. The highest BCUT2D eigenvalue weighted by atomic mass is 32.2. The van der Waals surface area contributed by atoms with Crippen LogP contribution in [-0.4, -0.2) is 32.9 Å². The Morgan fingerprint density at radius 2 is 1.83 bits per heavy atom. The van der Waals surface area contributed by atoms with Gasteiger partial charge in [-0.15, -0.1) is 0 Å². The first-order valence-electron chi connectivity index (χ1n) is 9.45. The standard InChI is InChI=1S/C22H24N2O5S/c1-4-28-19-12-9-18(10-13-19)23-30(26,27)21-7-5-6-17(14-21)22(25)24(3)15-20-11-8-16(2)29-20/h5-14,23H,4,15H2,1-3H3. The van der Waals surface area contributed by atoms with Gasteiger partial charge in [-0.1, -0.05) is 6.07 Å². The molecule has 8 heteroatoms. The molecule has 30 heavy (non-hydrogen) atoms. The Kier molecular flexibility index (Phi) is 6.47. The van der Waals surface area contributed by atoms with Gasteiger partial charge in [-0.25, -0.2) is 8.42 Å². The molecule has 0 spiro atoms. The Bertz CT molecular complexity index is 1120. The van der Waals surface area contributed by atoms with Gasteiger partial charge in [0.05, 0.1) is 18.0 Å². The number of nitrogens with one attached hydrogen (secondary N) is 1. The molecular weight excluding hydrogens is 404 g/mol. The summed E-state index contributed by atoms with van der Waals surface area (Å²) in [7, 11) is -2.22. The van der Waals surface area contributed by atoms with Gasteiger partial charge in [0.1, 0.15) is 17.3 Å². The van der Waals surface area contributed by atoms with Gasteiger partial charge in [0.25, 0.3) is 15.9 Å². The number of carbonyl (C=O) groups is 1. The number of sulfonamides is 1. The van der Waals surface area contributed by atoms with E-state index in [0.717, 1.165) is 5.76 Å². The van der Waals surface area contributed by atoms with E-state index in [2.05, 4.69) is 4.72 Å². The summed E-state index contributed by atoms with van der Waals surface area (Å²) in [5, 5.41) is 0. The van der Waals surface area contributed by atoms with E-state index in [4.69, 9.17) is 9.15 Å². The molecule has 1 aromatic heterocycles. The Labute approximate surface area is 176 Å². The van der Waals surface area contributed by atoms with Crippen molar-refractivity contribution in [2.75, 3.05) is 18.4 Å². The van der Waals surface area contributed by atoms with Crippen LogP contribution in [0.4, 0.5) is 5.69 Å². The molecule has 2 aromatic carbocycles. The van der Waals surface area contributed by atoms with Crippen molar-refractivity contribution in [1.82, 2.24) is 4.90 Å². The fraction of sp³-hybridized carbons (Fsp3) is 0.227. The maximum atomic E-state index is 12.8. The van der Waals surface area contributed by atoms with Crippen molar-refractivity contribution in [2.24, 2.45) is 0 Å². The molecule has 0 aliphatic carbocycles. The van der Waals surface area contributed by atoms with Crippen LogP contribution in [0.25, 0.3) is 0 Å². The fourth-order valence-electron chi connectivity index (χ4n) is 2.89. The fourth-order valence-corrected chi connectivity index (χ4v) is 4.00. The number of nitrogens with zero attached hydrogens (tertiary/aromatic N) is 1. The summed E-state index contributed by atoms with van der Waals surface area (Å²) in [4.78, 5) is 14.2. The van der Waals surface area contributed by atoms with Crippen LogP contribution in [0, 0.1) is 6.92 Å². The number of amides is 1. The van der Waals surface area contributed by atoms with E-state index < -0.39 is 10.0 Å². The minimum Gasteiger partial charge on any atom is -0.494 e. The van der Waals surface area contributed by atoms with E-state index in [9.17, 15) is 13.2 Å². The van der Waals surface area contributed by atoms with Gasteiger partial charge in [-0.05, 0) is 68.4 Å². The van der Waals surface area contributed by atoms with Crippen LogP contribution in [0.1, 0.15) is 28.8 Å². The Morgan fingerprint density at radius 3 is 2.47 bits per heavy atom. The number of carbonyl (C=O) groups excluding carboxylic acids is 1. The third-order valence-electron chi connectivity index (χ3n) is 4.34. The molecule has 1 N–H and O–H groups in total. The van der Waals surface area contributed by atoms with Crippen molar-refractivity contribution in [1.29, 1.82) is 0 Å². The molecule has 0 aliphatic rings. The average molecular weight is 429 g/mol. The van der Waals surface area contributed by atoms with Gasteiger partial charge >= 0.3 is 0 Å². The number of benzene rings is 2. The molecule has 0 aliphatic heterocycles. The number of furan rings is 1. The predicted octanol–water partition coefficient (Wildman–Crippen LogP) is 4.06. The molecule has 3 aromatic rings. The number of anilines is 1. The largest absolute Gasteiger partial charge is 0.494 e. The average Bonchev–Trinajstić information content (AvgIpc) is 3.13. The van der Waals surface area contributed by atoms with Crippen molar-refractivity contribution >= 4 is 21.6 Å². The minimum absolute atomic E-state index is 0.00415. The van der Waals surface area contributed by atoms with E-state index in [1.165, 1.54) is 17.0 Å². The number of ether oxygens (including phenoxy) is 1. The molecule has 7 nitrogen and oxygen atoms in total. The molecule has 1 heterocycles. The summed E-state index contributed by atoms with van der Waals surface area (Å²) in [5.74, 6) is 1.77. The maximum Gasteiger partial charge on any atom is 0.261 e. The van der Waals surface area contributed by atoms with Crippen LogP contribution < -0.4 is 9.46 Å². The number of rotatable bonds is 8. The maximum absolute atomic E-state index is 12.8. The molecule has 0 atom stereocenters. The first kappa shape index (κ1) is 21.4. The second-order valence-electron chi connectivity index (χ2n) is 6.76. The summed E-state index contributed by atoms with van der Waals surface area (Å²) < 4.78 is 38.9. The molecule has 0 radical (unpaired) electrons. The minimum atomic E-state index is -3.86. The molecule has 0 saturated heterocycles. The van der Waals surface area contributed by atoms with Gasteiger partial charge in [-0.3, -0.25) is 9.52 Å². The third kappa shape index (κ3) is 5.21. The van der Waals surface area contributed by atoms with E-state index in [1.54, 1.807) is 49.5 Å². The van der Waals surface area contributed by atoms with E-state index in [0.29, 0.717) is 23.8 Å². The molecule has 0 saturated carbocycles. The lowest BCUT2D eigenvalue weighted by Gasteiger charge is -2.16. The van der Waals surface area contributed by atoms with Crippen molar-refractivity contribution in [2.45, 2.75) is 25.3 Å². The first-order valence-corrected chi connectivity index (χ1v) is 10.9. The van der Waals surface area contributed by atoms with Gasteiger partial charge < -0.3 is 14.1 Å². The molecular formula is C22H24N2O5S. The zero-order chi connectivity index (χ0) is 21.7. The summed E-state index contributed by atoms with van der Waals surface area (Å²) in [6.07, 6.45) is 0. The van der Waals surface area contributed by atoms with Gasteiger partial charge in [-0.2, -0.15) is 0 Å². The monoisotopic (exact) mass is 428 g/mol. The Balaban J connectivity index is 1.75. The summed E-state index contributed by atoms with van der Waals surface area (Å²) in [6, 6.07) is 16.2. The molecule has 1 amide bonds. The predicted molar refractivity (Wildman–Crippen MR) is 114 cm³/mol. The second-order valence-corrected chi connectivity index (χ2v) is 8.45. The molecule has 3 rings (SSSR count). The van der Waals surface area contributed by atoms with Crippen molar-refractivity contribution in [3.8, 4) is 5.75 Å². The van der Waals surface area contributed by atoms with Crippen molar-refractivity contribution in [3.05, 3.63) is 77.7 Å². The molecule has 0 unspecified atom stereocenters. The van der Waals surface area contributed by atoms with Crippen molar-refractivity contribution < 1.29 is 22.4 Å². The lowest BCUT2D eigenvalue weighted by Crippen LogP contribution is -2.26. The van der Waals surface area contributed by atoms with Crippen LogP contribution >= 0.6 is 0 Å². The van der Waals surface area contributed by atoms with Crippen LogP contribution in [0.3, 0.4) is 0 Å². The molecule has 158 valence electrons. The van der Waals surface area contributed by atoms with E-state index >= 15 is 0 Å². The molecule has 0 bridgehead atoms. The van der Waals surface area contributed by atoms with Crippen LogP contribution in [0.15, 0.2) is 70.0 Å². The van der Waals surface area contributed by atoms with Crippen LogP contribution in [0.2, 0.25) is 0 Å². The van der Waals surface area contributed by atoms with E-state index in [1.807, 2.05) is 19.9 Å². The van der Waals surface area contributed by atoms with Crippen molar-refractivity contribution in [3.63, 3.8) is 0 Å². The summed E-state index contributed by atoms with van der Waals surface area (Å²) >= 11 is 0. The molecule has 0 fully saturated rings. The van der Waals surface area contributed by atoms with Gasteiger partial charge in [0.15, 0.2) is 0 Å². The van der Waals surface area contributed by atoms with Gasteiger partial charge in [0, 0.05) is 18.3 Å². The SMILES string of the molecule is CCOc1ccc(NS(=O)(=O)c2cccc(C(=O)N(C)Cc3ccc(C)o3)c2)cc1. The number of hydrogen-bond acceptors (Lipinski definition) is 5. The Hall–Kier alpha value is -3.26. The number of aryl methyl sites for hydroxylation is 1. The van der Waals surface area contributed by atoms with Crippen LogP contribution in [-0.2, 0) is 16.6 Å². The first-order chi connectivity index (χ1) is 14.3. The number of hydrogen-bond donors (Lipinski definition) is 1. The zero-order valence-corrected chi connectivity index (χ0v) is 17.9. The van der Waals surface area contributed by atoms with Crippen LogP contribution in [0.5, 0.6) is 5.75 Å². The zero-order valence-electron chi connectivity index (χ0n) is 17.1. The topological polar surface area (TPSA) is 88.8 Å². The lowest BCUT2D eigenvalue weighted by molar-refractivity contribution is 0.0774. The van der Waals surface area contributed by atoms with Gasteiger partial charge in [0.2, 0.25) is 0 Å². The highest BCUT2D eigenvalue weighted by molar-refractivity contribution is 7.92. The lowest BCUT2D eigenvalue weighted by atomic mass is 10.2. The summed E-state index contributed by atoms with van der Waals surface area (Å²) in [5.41, 5.74) is 0.677. The smallest absolute Gasteiger partial charge is 0.261 e. The quantitative estimate of drug-likeness (QED) is 0.584. The normalized spacial score (nSPS) is 11.2. The summed E-state index contributed by atoms with van der Waals surface area (Å²) in [6.45, 7) is 4.52.